The second-order valence-electron chi connectivity index (χ2n) is 16.4. The van der Waals surface area contributed by atoms with E-state index in [4.69, 9.17) is 9.47 Å². The van der Waals surface area contributed by atoms with E-state index in [0.717, 1.165) is 76.3 Å². The molecular formula is C56H67N3O3. The van der Waals surface area contributed by atoms with Crippen molar-refractivity contribution in [2.24, 2.45) is 0 Å². The number of methoxy groups -OCH3 is 1. The Balaban J connectivity index is 0.000000211. The maximum atomic E-state index is 9.87. The molecule has 1 atom stereocenters. The zero-order chi connectivity index (χ0) is 43.7. The van der Waals surface area contributed by atoms with E-state index >= 15 is 0 Å². The second-order valence-corrected chi connectivity index (χ2v) is 16.4. The standard InChI is InChI=1S/C30H38N2O2.C26H29NO/c1-4-31-17-16-22-6-8-23(9-7-22)21-32(5-2)30-20-28(34-3)14-15-29(30)26-11-10-25-19-27(33)13-12-24(25)18-26;1-4-25(21-11-7-5-8-12-21)26(22-13-9-6-10-14-22)23-15-17-24(18-16-23)28-20-19-27(2)3/h6-9,12-15,19-20,26,31,33H,4-5,10-11,16-18,21H2,1-3H3;5-18H,4,19-20H2,1-3H3/b;26-25-/t26-;/m1./s1. The van der Waals surface area contributed by atoms with Crippen molar-refractivity contribution in [2.45, 2.75) is 65.3 Å². The average Bonchev–Trinajstić information content (AvgIpc) is 3.31. The van der Waals surface area contributed by atoms with Crippen molar-refractivity contribution in [3.8, 4) is 17.2 Å². The molecule has 0 fully saturated rings. The van der Waals surface area contributed by atoms with Crippen molar-refractivity contribution in [1.29, 1.82) is 0 Å². The van der Waals surface area contributed by atoms with Gasteiger partial charge in [0.25, 0.3) is 0 Å². The molecule has 0 radical (unpaired) electrons. The molecule has 0 saturated carbocycles. The van der Waals surface area contributed by atoms with Crippen LogP contribution in [-0.2, 0) is 25.8 Å². The zero-order valence-corrected chi connectivity index (χ0v) is 37.9. The molecule has 2 N–H and O–H groups in total. The molecule has 62 heavy (non-hydrogen) atoms. The Hall–Kier alpha value is -5.82. The van der Waals surface area contributed by atoms with Crippen LogP contribution in [0.2, 0.25) is 0 Å². The minimum absolute atomic E-state index is 0.368. The highest BCUT2D eigenvalue weighted by Crippen LogP contribution is 2.40. The molecular weight excluding hydrogens is 763 g/mol. The highest BCUT2D eigenvalue weighted by Gasteiger charge is 2.25. The van der Waals surface area contributed by atoms with Crippen molar-refractivity contribution in [2.75, 3.05) is 58.9 Å². The topological polar surface area (TPSA) is 57.2 Å². The molecule has 0 heterocycles. The fourth-order valence-corrected chi connectivity index (χ4v) is 8.43. The SMILES string of the molecule is CC/C(=C(\c1ccccc1)c1ccc(OCCN(C)C)cc1)c1ccccc1.CCNCCc1ccc(CN(CC)c2cc(OC)ccc2[C@@H]2CCc3cc(O)ccc3C2)cc1. The zero-order valence-electron chi connectivity index (χ0n) is 37.9. The number of phenols is 1. The van der Waals surface area contributed by atoms with Crippen LogP contribution in [0.25, 0.3) is 11.1 Å². The van der Waals surface area contributed by atoms with Crippen LogP contribution in [0.1, 0.15) is 84.0 Å². The van der Waals surface area contributed by atoms with Gasteiger partial charge in [0.1, 0.15) is 23.9 Å². The van der Waals surface area contributed by atoms with Crippen molar-refractivity contribution in [1.82, 2.24) is 10.2 Å². The summed E-state index contributed by atoms with van der Waals surface area (Å²) in [4.78, 5) is 4.59. The van der Waals surface area contributed by atoms with E-state index in [-0.39, 0.29) is 0 Å². The lowest BCUT2D eigenvalue weighted by Crippen LogP contribution is -2.25. The van der Waals surface area contributed by atoms with Crippen LogP contribution in [0, 0.1) is 0 Å². The third-order valence-corrected chi connectivity index (χ3v) is 11.8. The predicted molar refractivity (Wildman–Crippen MR) is 261 cm³/mol. The van der Waals surface area contributed by atoms with E-state index < -0.39 is 0 Å². The first-order valence-corrected chi connectivity index (χ1v) is 22.5. The van der Waals surface area contributed by atoms with Gasteiger partial charge in [0, 0.05) is 31.4 Å². The van der Waals surface area contributed by atoms with Gasteiger partial charge in [-0.1, -0.05) is 123 Å². The van der Waals surface area contributed by atoms with Gasteiger partial charge >= 0.3 is 0 Å². The molecule has 6 aromatic carbocycles. The van der Waals surface area contributed by atoms with Gasteiger partial charge in [-0.3, -0.25) is 0 Å². The summed E-state index contributed by atoms with van der Waals surface area (Å²) in [5.41, 5.74) is 14.4. The van der Waals surface area contributed by atoms with Gasteiger partial charge in [0.15, 0.2) is 0 Å². The van der Waals surface area contributed by atoms with E-state index in [9.17, 15) is 5.11 Å². The van der Waals surface area contributed by atoms with Crippen molar-refractivity contribution in [3.63, 3.8) is 0 Å². The maximum absolute atomic E-state index is 9.87. The fraction of sp³-hybridized carbons (Fsp3) is 0.321. The lowest BCUT2D eigenvalue weighted by molar-refractivity contribution is 0.261. The van der Waals surface area contributed by atoms with Crippen LogP contribution >= 0.6 is 0 Å². The fourth-order valence-electron chi connectivity index (χ4n) is 8.43. The Morgan fingerprint density at radius 3 is 2.02 bits per heavy atom. The highest BCUT2D eigenvalue weighted by atomic mass is 16.5. The first kappa shape index (κ1) is 45.7. The first-order valence-electron chi connectivity index (χ1n) is 22.5. The van der Waals surface area contributed by atoms with Crippen molar-refractivity contribution >= 4 is 16.8 Å². The van der Waals surface area contributed by atoms with Crippen LogP contribution < -0.4 is 19.7 Å². The number of nitrogens with one attached hydrogen (secondary N) is 1. The minimum atomic E-state index is 0.368. The van der Waals surface area contributed by atoms with E-state index in [1.54, 1.807) is 7.11 Å². The predicted octanol–water partition coefficient (Wildman–Crippen LogP) is 11.8. The Morgan fingerprint density at radius 1 is 0.710 bits per heavy atom. The molecule has 0 bridgehead atoms. The molecule has 7 rings (SSSR count). The summed E-state index contributed by atoms with van der Waals surface area (Å²) in [5, 5.41) is 13.3. The monoisotopic (exact) mass is 830 g/mol. The number of likely N-dealkylation sites (N-methyl/N-ethyl adjacent to an activating group) is 2. The number of allylic oxidation sites excluding steroid dienone is 1. The van der Waals surface area contributed by atoms with Gasteiger partial charge in [-0.15, -0.1) is 0 Å². The molecule has 1 aliphatic rings. The molecule has 0 aromatic heterocycles. The Bertz CT molecular complexity index is 2290. The van der Waals surface area contributed by atoms with Crippen molar-refractivity contribution < 1.29 is 14.6 Å². The van der Waals surface area contributed by atoms with E-state index in [0.29, 0.717) is 18.3 Å². The van der Waals surface area contributed by atoms with Gasteiger partial charge < -0.3 is 29.7 Å². The van der Waals surface area contributed by atoms with E-state index in [2.05, 4.69) is 183 Å². The molecule has 6 heteroatoms. The third kappa shape index (κ3) is 12.6. The number of ether oxygens (including phenoxy) is 2. The molecule has 0 aliphatic heterocycles. The normalized spacial score (nSPS) is 13.7. The van der Waals surface area contributed by atoms with E-state index in [1.165, 1.54) is 61.3 Å². The van der Waals surface area contributed by atoms with Gasteiger partial charge in [-0.05, 0) is 158 Å². The number of anilines is 1. The number of rotatable bonds is 18. The van der Waals surface area contributed by atoms with Crippen LogP contribution in [0.4, 0.5) is 5.69 Å². The molecule has 0 amide bonds. The number of aromatic hydroxyl groups is 1. The Morgan fingerprint density at radius 2 is 1.37 bits per heavy atom. The largest absolute Gasteiger partial charge is 0.508 e. The summed E-state index contributed by atoms with van der Waals surface area (Å²) in [5.74, 6) is 2.64. The number of hydrogen-bond donors (Lipinski definition) is 2. The average molecular weight is 830 g/mol. The summed E-state index contributed by atoms with van der Waals surface area (Å²) in [6.45, 7) is 12.0. The van der Waals surface area contributed by atoms with Gasteiger partial charge in [0.05, 0.1) is 7.11 Å². The summed E-state index contributed by atoms with van der Waals surface area (Å²) < 4.78 is 11.5. The maximum Gasteiger partial charge on any atom is 0.120 e. The van der Waals surface area contributed by atoms with Crippen molar-refractivity contribution in [3.05, 3.63) is 190 Å². The van der Waals surface area contributed by atoms with Crippen LogP contribution in [0.3, 0.4) is 0 Å². The Kier molecular flexibility index (Phi) is 17.3. The highest BCUT2D eigenvalue weighted by molar-refractivity contribution is 5.98. The third-order valence-electron chi connectivity index (χ3n) is 11.8. The van der Waals surface area contributed by atoms with Crippen LogP contribution in [0.15, 0.2) is 146 Å². The molecule has 0 saturated heterocycles. The molecule has 6 aromatic rings. The molecule has 324 valence electrons. The number of aryl methyl sites for hydroxylation is 1. The number of nitrogens with zero attached hydrogens (tertiary/aromatic N) is 2. The Labute approximate surface area is 371 Å². The molecule has 0 unspecified atom stereocenters. The quantitative estimate of drug-likeness (QED) is 0.0665. The lowest BCUT2D eigenvalue weighted by Gasteiger charge is -2.32. The summed E-state index contributed by atoms with van der Waals surface area (Å²) in [7, 11) is 5.85. The number of hydrogen-bond acceptors (Lipinski definition) is 6. The number of fused-ring (bicyclic) bond motifs is 1. The smallest absolute Gasteiger partial charge is 0.120 e. The first-order chi connectivity index (χ1) is 30.3. The van der Waals surface area contributed by atoms with Gasteiger partial charge in [-0.2, -0.15) is 0 Å². The summed E-state index contributed by atoms with van der Waals surface area (Å²) in [6, 6.07) is 51.3. The van der Waals surface area contributed by atoms with Crippen LogP contribution in [0.5, 0.6) is 17.2 Å². The summed E-state index contributed by atoms with van der Waals surface area (Å²) >= 11 is 0. The lowest BCUT2D eigenvalue weighted by atomic mass is 9.79. The minimum Gasteiger partial charge on any atom is -0.508 e. The van der Waals surface area contributed by atoms with Crippen LogP contribution in [-0.4, -0.2) is 64.0 Å². The number of phenolic OH excluding ortho intramolecular Hbond substituents is 1. The summed E-state index contributed by atoms with van der Waals surface area (Å²) in [6.07, 6.45) is 5.13. The molecule has 6 nitrogen and oxygen atoms in total. The van der Waals surface area contributed by atoms with Gasteiger partial charge in [0.2, 0.25) is 0 Å². The molecule has 0 spiro atoms. The van der Waals surface area contributed by atoms with E-state index in [1.807, 2.05) is 12.1 Å². The van der Waals surface area contributed by atoms with Gasteiger partial charge in [-0.25, -0.2) is 0 Å². The second kappa shape index (κ2) is 23.4. The molecule has 1 aliphatic carbocycles. The number of benzene rings is 6.